The van der Waals surface area contributed by atoms with Gasteiger partial charge in [0.25, 0.3) is 0 Å². The molecular weight excluding hydrogens is 196 g/mol. The highest BCUT2D eigenvalue weighted by Gasteiger charge is 2.17. The minimum Gasteiger partial charge on any atom is -0.312 e. The van der Waals surface area contributed by atoms with Crippen molar-refractivity contribution >= 4 is 0 Å². The molecule has 0 aliphatic rings. The van der Waals surface area contributed by atoms with Crippen LogP contribution in [0.25, 0.3) is 0 Å². The highest BCUT2D eigenvalue weighted by Crippen LogP contribution is 2.22. The van der Waals surface area contributed by atoms with E-state index >= 15 is 0 Å². The van der Waals surface area contributed by atoms with Crippen molar-refractivity contribution in [2.24, 2.45) is 0 Å². The lowest BCUT2D eigenvalue weighted by Crippen LogP contribution is -2.18. The second-order valence-corrected chi connectivity index (χ2v) is 3.11. The Balaban J connectivity index is 3.03. The molecule has 80 valence electrons. The van der Waals surface area contributed by atoms with Crippen molar-refractivity contribution in [2.45, 2.75) is 19.4 Å². The van der Waals surface area contributed by atoms with Crippen LogP contribution in [0.3, 0.4) is 0 Å². The Morgan fingerprint density at radius 2 is 1.93 bits per heavy atom. The number of benzene rings is 1. The molecule has 0 heterocycles. The molecule has 0 saturated carbocycles. The molecule has 0 spiro atoms. The van der Waals surface area contributed by atoms with E-state index in [1.165, 1.54) is 18.2 Å². The normalized spacial score (nSPS) is 11.7. The second-order valence-electron chi connectivity index (χ2n) is 3.11. The SMILES string of the molecule is CC#CCC(NC)c1c(F)cccc1F. The first-order valence-corrected chi connectivity index (χ1v) is 4.71. The first kappa shape index (κ1) is 11.7. The zero-order chi connectivity index (χ0) is 11.3. The average Bonchev–Trinajstić information content (AvgIpc) is 2.22. The van der Waals surface area contributed by atoms with Crippen LogP contribution in [-0.2, 0) is 0 Å². The molecule has 1 atom stereocenters. The van der Waals surface area contributed by atoms with Gasteiger partial charge in [0.1, 0.15) is 11.6 Å². The van der Waals surface area contributed by atoms with Gasteiger partial charge in [-0.3, -0.25) is 0 Å². The standard InChI is InChI=1S/C12H13F2N/c1-3-4-8-11(15-2)12-9(13)6-5-7-10(12)14/h5-7,11,15H,8H2,1-2H3. The zero-order valence-electron chi connectivity index (χ0n) is 8.77. The van der Waals surface area contributed by atoms with E-state index in [2.05, 4.69) is 17.2 Å². The molecule has 0 saturated heterocycles. The average molecular weight is 209 g/mol. The van der Waals surface area contributed by atoms with E-state index in [9.17, 15) is 8.78 Å². The Hall–Kier alpha value is -1.40. The summed E-state index contributed by atoms with van der Waals surface area (Å²) < 4.78 is 26.8. The maximum absolute atomic E-state index is 13.4. The summed E-state index contributed by atoms with van der Waals surface area (Å²) in [7, 11) is 1.66. The Labute approximate surface area is 88.5 Å². The quantitative estimate of drug-likeness (QED) is 0.754. The molecule has 1 unspecified atom stereocenters. The summed E-state index contributed by atoms with van der Waals surface area (Å²) in [6, 6.07) is 3.45. The summed E-state index contributed by atoms with van der Waals surface area (Å²) in [5.74, 6) is 4.44. The van der Waals surface area contributed by atoms with Gasteiger partial charge in [-0.1, -0.05) is 6.07 Å². The van der Waals surface area contributed by atoms with Crippen LogP contribution in [-0.4, -0.2) is 7.05 Å². The molecule has 0 aliphatic heterocycles. The summed E-state index contributed by atoms with van der Waals surface area (Å²) in [6.07, 6.45) is 0.394. The number of hydrogen-bond donors (Lipinski definition) is 1. The largest absolute Gasteiger partial charge is 0.312 e. The zero-order valence-corrected chi connectivity index (χ0v) is 8.77. The molecule has 0 aromatic heterocycles. The third-order valence-corrected chi connectivity index (χ3v) is 2.18. The Morgan fingerprint density at radius 1 is 1.33 bits per heavy atom. The maximum atomic E-state index is 13.4. The fraction of sp³-hybridized carbons (Fsp3) is 0.333. The molecule has 15 heavy (non-hydrogen) atoms. The fourth-order valence-electron chi connectivity index (χ4n) is 1.40. The van der Waals surface area contributed by atoms with Crippen LogP contribution in [0.2, 0.25) is 0 Å². The number of hydrogen-bond acceptors (Lipinski definition) is 1. The lowest BCUT2D eigenvalue weighted by atomic mass is 10.0. The molecule has 1 N–H and O–H groups in total. The molecule has 0 fully saturated rings. The molecule has 1 aromatic carbocycles. The van der Waals surface area contributed by atoms with Crippen LogP contribution in [0.4, 0.5) is 8.78 Å². The van der Waals surface area contributed by atoms with Crippen molar-refractivity contribution in [2.75, 3.05) is 7.05 Å². The van der Waals surface area contributed by atoms with Crippen molar-refractivity contribution in [1.82, 2.24) is 5.32 Å². The van der Waals surface area contributed by atoms with Gasteiger partial charge in [-0.05, 0) is 26.1 Å². The monoisotopic (exact) mass is 209 g/mol. The van der Waals surface area contributed by atoms with Crippen LogP contribution in [0.5, 0.6) is 0 Å². The van der Waals surface area contributed by atoms with Crippen molar-refractivity contribution in [3.8, 4) is 11.8 Å². The van der Waals surface area contributed by atoms with Gasteiger partial charge in [0, 0.05) is 18.0 Å². The second kappa shape index (κ2) is 5.47. The van der Waals surface area contributed by atoms with E-state index in [-0.39, 0.29) is 5.56 Å². The summed E-state index contributed by atoms with van der Waals surface area (Å²) in [5.41, 5.74) is 0.0581. The van der Waals surface area contributed by atoms with E-state index in [1.807, 2.05) is 0 Å². The number of rotatable bonds is 3. The lowest BCUT2D eigenvalue weighted by molar-refractivity contribution is 0.496. The lowest BCUT2D eigenvalue weighted by Gasteiger charge is -2.15. The topological polar surface area (TPSA) is 12.0 Å². The maximum Gasteiger partial charge on any atom is 0.130 e. The van der Waals surface area contributed by atoms with E-state index in [0.717, 1.165) is 0 Å². The van der Waals surface area contributed by atoms with E-state index in [0.29, 0.717) is 6.42 Å². The highest BCUT2D eigenvalue weighted by atomic mass is 19.1. The van der Waals surface area contributed by atoms with Gasteiger partial charge < -0.3 is 5.32 Å². The minimum atomic E-state index is -0.535. The third kappa shape index (κ3) is 2.77. The van der Waals surface area contributed by atoms with Gasteiger partial charge in [0.05, 0.1) is 0 Å². The third-order valence-electron chi connectivity index (χ3n) is 2.18. The van der Waals surface area contributed by atoms with Gasteiger partial charge in [0.2, 0.25) is 0 Å². The Kier molecular flexibility index (Phi) is 4.26. The van der Waals surface area contributed by atoms with Crippen LogP contribution in [0.15, 0.2) is 18.2 Å². The molecule has 3 heteroatoms. The van der Waals surface area contributed by atoms with Gasteiger partial charge in [-0.2, -0.15) is 0 Å². The van der Waals surface area contributed by atoms with Crippen LogP contribution in [0.1, 0.15) is 24.9 Å². The first-order valence-electron chi connectivity index (χ1n) is 4.71. The predicted octanol–water partition coefficient (Wildman–Crippen LogP) is 2.64. The molecule has 1 rings (SSSR count). The molecule has 1 nitrogen and oxygen atoms in total. The summed E-state index contributed by atoms with van der Waals surface area (Å²) in [5, 5.41) is 2.85. The molecule has 0 radical (unpaired) electrons. The van der Waals surface area contributed by atoms with E-state index in [4.69, 9.17) is 0 Å². The summed E-state index contributed by atoms with van der Waals surface area (Å²) >= 11 is 0. The van der Waals surface area contributed by atoms with Crippen LogP contribution in [0, 0.1) is 23.5 Å². The molecule has 0 aliphatic carbocycles. The summed E-state index contributed by atoms with van der Waals surface area (Å²) in [4.78, 5) is 0. The Morgan fingerprint density at radius 3 is 2.40 bits per heavy atom. The minimum absolute atomic E-state index is 0.0581. The molecule has 0 amide bonds. The number of halogens is 2. The fourth-order valence-corrected chi connectivity index (χ4v) is 1.40. The molecular formula is C12H13F2N. The van der Waals surface area contributed by atoms with Gasteiger partial charge >= 0.3 is 0 Å². The van der Waals surface area contributed by atoms with Crippen molar-refractivity contribution in [1.29, 1.82) is 0 Å². The van der Waals surface area contributed by atoms with Gasteiger partial charge in [-0.15, -0.1) is 11.8 Å². The smallest absolute Gasteiger partial charge is 0.130 e. The highest BCUT2D eigenvalue weighted by molar-refractivity contribution is 5.24. The first-order chi connectivity index (χ1) is 7.20. The van der Waals surface area contributed by atoms with E-state index < -0.39 is 17.7 Å². The molecule has 1 aromatic rings. The van der Waals surface area contributed by atoms with Crippen molar-refractivity contribution in [3.63, 3.8) is 0 Å². The predicted molar refractivity (Wildman–Crippen MR) is 56.2 cm³/mol. The van der Waals surface area contributed by atoms with E-state index in [1.54, 1.807) is 14.0 Å². The number of nitrogens with one attached hydrogen (secondary N) is 1. The van der Waals surface area contributed by atoms with Crippen LogP contribution < -0.4 is 5.32 Å². The van der Waals surface area contributed by atoms with Gasteiger partial charge in [-0.25, -0.2) is 8.78 Å². The Bertz CT molecular complexity index is 370. The van der Waals surface area contributed by atoms with Crippen LogP contribution >= 0.6 is 0 Å². The van der Waals surface area contributed by atoms with Gasteiger partial charge in [0.15, 0.2) is 0 Å². The summed E-state index contributed by atoms with van der Waals surface area (Å²) in [6.45, 7) is 1.70. The van der Waals surface area contributed by atoms with Crippen molar-refractivity contribution in [3.05, 3.63) is 35.4 Å². The van der Waals surface area contributed by atoms with Crippen molar-refractivity contribution < 1.29 is 8.78 Å². The molecule has 0 bridgehead atoms.